The first-order valence-corrected chi connectivity index (χ1v) is 12.9. The molecule has 1 fully saturated rings. The zero-order valence-electron chi connectivity index (χ0n) is 21.8. The van der Waals surface area contributed by atoms with Crippen molar-refractivity contribution < 1.29 is 38.5 Å². The summed E-state index contributed by atoms with van der Waals surface area (Å²) in [6.07, 6.45) is 1.10. The van der Waals surface area contributed by atoms with Crippen LogP contribution in [0.2, 0.25) is 0 Å². The Balaban J connectivity index is 1.59. The van der Waals surface area contributed by atoms with Gasteiger partial charge in [0.1, 0.15) is 11.5 Å². The molecule has 3 rings (SSSR count). The van der Waals surface area contributed by atoms with Crippen molar-refractivity contribution >= 4 is 23.8 Å². The van der Waals surface area contributed by atoms with Crippen molar-refractivity contribution in [3.8, 4) is 11.5 Å². The molecule has 1 saturated carbocycles. The summed E-state index contributed by atoms with van der Waals surface area (Å²) in [6.45, 7) is 4.07. The van der Waals surface area contributed by atoms with Gasteiger partial charge in [-0.1, -0.05) is 44.2 Å². The summed E-state index contributed by atoms with van der Waals surface area (Å²) in [5.41, 5.74) is 0.933. The molecular weight excluding hydrogens is 490 g/mol. The summed E-state index contributed by atoms with van der Waals surface area (Å²) in [5.74, 6) is -1.99. The van der Waals surface area contributed by atoms with Crippen molar-refractivity contribution in [2.45, 2.75) is 52.5 Å². The molecule has 0 bridgehead atoms. The van der Waals surface area contributed by atoms with Crippen LogP contribution in [0.4, 0.5) is 0 Å². The zero-order valence-corrected chi connectivity index (χ0v) is 21.8. The minimum absolute atomic E-state index is 0.0257. The van der Waals surface area contributed by atoms with E-state index < -0.39 is 36.5 Å². The van der Waals surface area contributed by atoms with Crippen molar-refractivity contribution in [1.82, 2.24) is 4.90 Å². The van der Waals surface area contributed by atoms with Crippen LogP contribution in [0.3, 0.4) is 0 Å². The molecule has 0 spiro atoms. The fourth-order valence-corrected chi connectivity index (χ4v) is 4.65. The number of nitrogens with zero attached hydrogens (tertiary/aromatic N) is 1. The molecule has 204 valence electrons. The summed E-state index contributed by atoms with van der Waals surface area (Å²) < 4.78 is 15.5. The average Bonchev–Trinajstić information content (AvgIpc) is 2.90. The third-order valence-electron chi connectivity index (χ3n) is 6.64. The summed E-state index contributed by atoms with van der Waals surface area (Å²) in [5, 5.41) is 9.43. The van der Waals surface area contributed by atoms with Crippen LogP contribution in [0.1, 0.15) is 51.5 Å². The number of aliphatic carboxylic acids is 1. The van der Waals surface area contributed by atoms with Crippen molar-refractivity contribution in [1.29, 1.82) is 0 Å². The number of amides is 1. The Morgan fingerprint density at radius 2 is 1.55 bits per heavy atom. The Morgan fingerprint density at radius 1 is 0.895 bits per heavy atom. The van der Waals surface area contributed by atoms with Gasteiger partial charge in [-0.3, -0.25) is 19.2 Å². The normalized spacial score (nSPS) is 18.1. The van der Waals surface area contributed by atoms with E-state index in [0.29, 0.717) is 25.3 Å². The van der Waals surface area contributed by atoms with Gasteiger partial charge >= 0.3 is 17.9 Å². The number of hydrogen-bond acceptors (Lipinski definition) is 7. The van der Waals surface area contributed by atoms with Crippen LogP contribution in [0.5, 0.6) is 11.5 Å². The number of carboxylic acid groups (broad SMARTS) is 1. The Labute approximate surface area is 222 Å². The quantitative estimate of drug-likeness (QED) is 0.276. The molecule has 2 aromatic rings. The first-order valence-electron chi connectivity index (χ1n) is 12.9. The lowest BCUT2D eigenvalue weighted by Crippen LogP contribution is -2.49. The first kappa shape index (κ1) is 28.7. The molecule has 3 unspecified atom stereocenters. The monoisotopic (exact) mass is 525 g/mol. The Kier molecular flexibility index (Phi) is 10.7. The second-order valence-electron chi connectivity index (χ2n) is 9.39. The number of benzene rings is 2. The number of rotatable bonds is 14. The minimum atomic E-state index is -1.02. The highest BCUT2D eigenvalue weighted by Gasteiger charge is 2.48. The lowest BCUT2D eigenvalue weighted by atomic mass is 9.61. The van der Waals surface area contributed by atoms with Crippen LogP contribution in [-0.2, 0) is 35.2 Å². The molecule has 1 aliphatic rings. The van der Waals surface area contributed by atoms with Crippen molar-refractivity contribution in [3.05, 3.63) is 60.2 Å². The van der Waals surface area contributed by atoms with Crippen LogP contribution in [0, 0.1) is 17.8 Å². The van der Waals surface area contributed by atoms with Gasteiger partial charge in [0.05, 0.1) is 0 Å². The highest BCUT2D eigenvalue weighted by Crippen LogP contribution is 2.46. The molecule has 1 amide bonds. The van der Waals surface area contributed by atoms with Gasteiger partial charge in [-0.05, 0) is 54.5 Å². The maximum absolute atomic E-state index is 13.5. The molecule has 2 aromatic carbocycles. The maximum Gasteiger partial charge on any atom is 0.308 e. The number of hydrogen-bond donors (Lipinski definition) is 1. The predicted molar refractivity (Wildman–Crippen MR) is 138 cm³/mol. The van der Waals surface area contributed by atoms with E-state index in [1.54, 1.807) is 11.8 Å². The average molecular weight is 526 g/mol. The Bertz CT molecular complexity index is 1090. The standard InChI is InChI=1S/C29H35NO8/c1-3-14-30(18-20-10-12-23(13-11-20)38-22-8-6-5-7-9-22)29(35)25-15-21(24(25)17-26(31)32)16-28(34)37-19-36-27(33)4-2/h5-13,21,24-25H,3-4,14-19H2,1-2H3,(H,31,32). The summed E-state index contributed by atoms with van der Waals surface area (Å²) in [7, 11) is 0. The molecule has 9 nitrogen and oxygen atoms in total. The Morgan fingerprint density at radius 3 is 2.18 bits per heavy atom. The molecule has 1 N–H and O–H groups in total. The molecule has 0 heterocycles. The molecule has 38 heavy (non-hydrogen) atoms. The number of esters is 2. The van der Waals surface area contributed by atoms with E-state index in [2.05, 4.69) is 0 Å². The largest absolute Gasteiger partial charge is 0.481 e. The lowest BCUT2D eigenvalue weighted by molar-refractivity contribution is -0.171. The van der Waals surface area contributed by atoms with Gasteiger partial charge in [0.2, 0.25) is 12.7 Å². The molecular formula is C29H35NO8. The summed E-state index contributed by atoms with van der Waals surface area (Å²) in [6, 6.07) is 17.0. The van der Waals surface area contributed by atoms with Gasteiger partial charge in [-0.15, -0.1) is 0 Å². The number of ether oxygens (including phenoxy) is 3. The van der Waals surface area contributed by atoms with Crippen molar-refractivity contribution in [2.24, 2.45) is 17.8 Å². The smallest absolute Gasteiger partial charge is 0.308 e. The fourth-order valence-electron chi connectivity index (χ4n) is 4.65. The second kappa shape index (κ2) is 14.2. The summed E-state index contributed by atoms with van der Waals surface area (Å²) in [4.78, 5) is 50.1. The van der Waals surface area contributed by atoms with Gasteiger partial charge in [0.25, 0.3) is 0 Å². The van der Waals surface area contributed by atoms with Crippen molar-refractivity contribution in [3.63, 3.8) is 0 Å². The topological polar surface area (TPSA) is 119 Å². The van der Waals surface area contributed by atoms with Gasteiger partial charge < -0.3 is 24.2 Å². The van der Waals surface area contributed by atoms with Crippen LogP contribution in [0.25, 0.3) is 0 Å². The number of carbonyl (C=O) groups is 4. The number of para-hydroxylation sites is 1. The molecule has 0 aliphatic heterocycles. The predicted octanol–water partition coefficient (Wildman–Crippen LogP) is 4.79. The lowest BCUT2D eigenvalue weighted by Gasteiger charge is -2.44. The van der Waals surface area contributed by atoms with E-state index in [0.717, 1.165) is 17.7 Å². The third kappa shape index (κ3) is 8.33. The van der Waals surface area contributed by atoms with Gasteiger partial charge in [0, 0.05) is 38.3 Å². The molecule has 1 aliphatic carbocycles. The molecule has 3 atom stereocenters. The van der Waals surface area contributed by atoms with E-state index in [9.17, 15) is 24.3 Å². The van der Waals surface area contributed by atoms with Crippen LogP contribution >= 0.6 is 0 Å². The summed E-state index contributed by atoms with van der Waals surface area (Å²) >= 11 is 0. The van der Waals surface area contributed by atoms with E-state index in [-0.39, 0.29) is 31.1 Å². The molecule has 0 saturated heterocycles. The highest BCUT2D eigenvalue weighted by molar-refractivity contribution is 5.82. The minimum Gasteiger partial charge on any atom is -0.481 e. The van der Waals surface area contributed by atoms with Crippen LogP contribution in [-0.4, -0.2) is 47.2 Å². The number of carbonyl (C=O) groups excluding carboxylic acids is 3. The van der Waals surface area contributed by atoms with Gasteiger partial charge in [-0.25, -0.2) is 0 Å². The van der Waals surface area contributed by atoms with E-state index in [1.807, 2.05) is 61.5 Å². The second-order valence-corrected chi connectivity index (χ2v) is 9.39. The van der Waals surface area contributed by atoms with Gasteiger partial charge in [-0.2, -0.15) is 0 Å². The SMILES string of the molecule is CCCN(Cc1ccc(Oc2ccccc2)cc1)C(=O)C1CC(CC(=O)OCOC(=O)CC)C1CC(=O)O. The number of carboxylic acids is 1. The van der Waals surface area contributed by atoms with Crippen molar-refractivity contribution in [2.75, 3.05) is 13.3 Å². The van der Waals surface area contributed by atoms with Gasteiger partial charge in [0.15, 0.2) is 0 Å². The molecule has 9 heteroatoms. The van der Waals surface area contributed by atoms with Crippen LogP contribution in [0.15, 0.2) is 54.6 Å². The highest BCUT2D eigenvalue weighted by atomic mass is 16.7. The van der Waals surface area contributed by atoms with E-state index >= 15 is 0 Å². The maximum atomic E-state index is 13.5. The van der Waals surface area contributed by atoms with E-state index in [1.165, 1.54) is 0 Å². The van der Waals surface area contributed by atoms with Crippen LogP contribution < -0.4 is 4.74 Å². The molecule has 0 aromatic heterocycles. The Hall–Kier alpha value is -3.88. The molecule has 0 radical (unpaired) electrons. The third-order valence-corrected chi connectivity index (χ3v) is 6.64. The fraction of sp³-hybridized carbons (Fsp3) is 0.448. The zero-order chi connectivity index (χ0) is 27.5. The van der Waals surface area contributed by atoms with E-state index in [4.69, 9.17) is 14.2 Å². The first-order chi connectivity index (χ1) is 18.3.